The second-order valence-electron chi connectivity index (χ2n) is 6.13. The van der Waals surface area contributed by atoms with E-state index in [4.69, 9.17) is 4.52 Å². The quantitative estimate of drug-likeness (QED) is 0.865. The number of hydrogen-bond donors (Lipinski definition) is 1. The highest BCUT2D eigenvalue weighted by molar-refractivity contribution is 7.90. The van der Waals surface area contributed by atoms with Crippen LogP contribution in [-0.4, -0.2) is 35.0 Å². The summed E-state index contributed by atoms with van der Waals surface area (Å²) in [4.78, 5) is 3.99. The molecule has 2 aromatic rings. The molecule has 0 radical (unpaired) electrons. The van der Waals surface area contributed by atoms with E-state index >= 15 is 0 Å². The van der Waals surface area contributed by atoms with Crippen LogP contribution < -0.4 is 0 Å². The molecule has 23 heavy (non-hydrogen) atoms. The van der Waals surface area contributed by atoms with Gasteiger partial charge in [-0.3, -0.25) is 0 Å². The average Bonchev–Trinajstić information content (AvgIpc) is 2.87. The second-order valence-corrected chi connectivity index (χ2v) is 8.31. The third kappa shape index (κ3) is 5.11. The SMILES string of the molecule is Cc1ccc(-c2noc(CS(=O)(=O)CCC(C)(C)O)n2)cc1F. The molecule has 1 aromatic carbocycles. The maximum atomic E-state index is 13.5. The normalized spacial score (nSPS) is 12.6. The Morgan fingerprint density at radius 1 is 1.35 bits per heavy atom. The minimum atomic E-state index is -3.48. The summed E-state index contributed by atoms with van der Waals surface area (Å²) in [6, 6.07) is 4.49. The van der Waals surface area contributed by atoms with Crippen LogP contribution in [0.25, 0.3) is 11.4 Å². The van der Waals surface area contributed by atoms with Crippen LogP contribution in [0.1, 0.15) is 31.7 Å². The molecule has 0 aliphatic carbocycles. The minimum absolute atomic E-state index is 0.0586. The van der Waals surface area contributed by atoms with Crippen LogP contribution in [-0.2, 0) is 15.6 Å². The number of aliphatic hydroxyl groups is 1. The summed E-state index contributed by atoms with van der Waals surface area (Å²) >= 11 is 0. The third-order valence-corrected chi connectivity index (χ3v) is 4.78. The Labute approximate surface area is 134 Å². The topological polar surface area (TPSA) is 93.3 Å². The molecule has 0 fully saturated rings. The van der Waals surface area contributed by atoms with Crippen LogP contribution in [0.15, 0.2) is 22.7 Å². The zero-order valence-electron chi connectivity index (χ0n) is 13.2. The van der Waals surface area contributed by atoms with Gasteiger partial charge in [0, 0.05) is 5.56 Å². The molecular weight excluding hydrogens is 323 g/mol. The van der Waals surface area contributed by atoms with Crippen LogP contribution in [0.2, 0.25) is 0 Å². The van der Waals surface area contributed by atoms with E-state index in [1.54, 1.807) is 32.9 Å². The first-order chi connectivity index (χ1) is 10.6. The first kappa shape index (κ1) is 17.6. The second kappa shape index (κ2) is 6.37. The van der Waals surface area contributed by atoms with Crippen molar-refractivity contribution in [3.8, 4) is 11.4 Å². The number of nitrogens with zero attached hydrogens (tertiary/aromatic N) is 2. The van der Waals surface area contributed by atoms with Gasteiger partial charge in [-0.15, -0.1) is 0 Å². The van der Waals surface area contributed by atoms with Crippen LogP contribution >= 0.6 is 0 Å². The molecule has 1 aromatic heterocycles. The number of rotatable bonds is 6. The minimum Gasteiger partial charge on any atom is -0.390 e. The van der Waals surface area contributed by atoms with E-state index in [0.29, 0.717) is 11.1 Å². The van der Waals surface area contributed by atoms with E-state index in [9.17, 15) is 17.9 Å². The van der Waals surface area contributed by atoms with Gasteiger partial charge in [0.1, 0.15) is 11.6 Å². The van der Waals surface area contributed by atoms with E-state index in [-0.39, 0.29) is 23.9 Å². The van der Waals surface area contributed by atoms with Crippen molar-refractivity contribution in [2.45, 2.75) is 38.5 Å². The fourth-order valence-corrected chi connectivity index (χ4v) is 3.28. The highest BCUT2D eigenvalue weighted by atomic mass is 32.2. The number of halogens is 1. The lowest BCUT2D eigenvalue weighted by molar-refractivity contribution is 0.0772. The summed E-state index contributed by atoms with van der Waals surface area (Å²) in [5.41, 5.74) is -0.157. The van der Waals surface area contributed by atoms with Crippen molar-refractivity contribution in [1.82, 2.24) is 10.1 Å². The van der Waals surface area contributed by atoms with Crippen molar-refractivity contribution in [1.29, 1.82) is 0 Å². The summed E-state index contributed by atoms with van der Waals surface area (Å²) in [6.45, 7) is 4.72. The van der Waals surface area contributed by atoms with E-state index in [1.165, 1.54) is 6.07 Å². The molecule has 0 unspecified atom stereocenters. The van der Waals surface area contributed by atoms with E-state index in [1.807, 2.05) is 0 Å². The summed E-state index contributed by atoms with van der Waals surface area (Å²) in [7, 11) is -3.48. The van der Waals surface area contributed by atoms with Gasteiger partial charge in [-0.2, -0.15) is 4.98 Å². The van der Waals surface area contributed by atoms with E-state index < -0.39 is 27.0 Å². The number of benzene rings is 1. The van der Waals surface area contributed by atoms with Crippen molar-refractivity contribution in [2.75, 3.05) is 5.75 Å². The summed E-state index contributed by atoms with van der Waals surface area (Å²) < 4.78 is 42.5. The van der Waals surface area contributed by atoms with Gasteiger partial charge in [-0.1, -0.05) is 17.3 Å². The van der Waals surface area contributed by atoms with Gasteiger partial charge in [0.05, 0.1) is 11.4 Å². The van der Waals surface area contributed by atoms with Crippen molar-refractivity contribution in [2.24, 2.45) is 0 Å². The monoisotopic (exact) mass is 342 g/mol. The average molecular weight is 342 g/mol. The van der Waals surface area contributed by atoms with Gasteiger partial charge in [-0.05, 0) is 38.8 Å². The van der Waals surface area contributed by atoms with Crippen LogP contribution in [0.4, 0.5) is 4.39 Å². The summed E-state index contributed by atoms with van der Waals surface area (Å²) in [5, 5.41) is 13.3. The number of hydrogen-bond acceptors (Lipinski definition) is 6. The molecule has 0 aliphatic heterocycles. The lowest BCUT2D eigenvalue weighted by Gasteiger charge is -2.15. The predicted molar refractivity (Wildman–Crippen MR) is 82.8 cm³/mol. The molecule has 0 bridgehead atoms. The Morgan fingerprint density at radius 3 is 2.65 bits per heavy atom. The predicted octanol–water partition coefficient (Wildman–Crippen LogP) is 2.26. The molecule has 0 atom stereocenters. The van der Waals surface area contributed by atoms with Gasteiger partial charge in [-0.25, -0.2) is 12.8 Å². The zero-order valence-corrected chi connectivity index (χ0v) is 14.0. The number of sulfone groups is 1. The molecule has 8 heteroatoms. The Hall–Kier alpha value is -1.80. The molecule has 0 saturated carbocycles. The molecule has 6 nitrogen and oxygen atoms in total. The van der Waals surface area contributed by atoms with Gasteiger partial charge >= 0.3 is 0 Å². The molecule has 1 N–H and O–H groups in total. The number of aryl methyl sites for hydroxylation is 1. The van der Waals surface area contributed by atoms with Gasteiger partial charge in [0.25, 0.3) is 0 Å². The first-order valence-corrected chi connectivity index (χ1v) is 8.90. The summed E-state index contributed by atoms with van der Waals surface area (Å²) in [5.74, 6) is -0.919. The van der Waals surface area contributed by atoms with Gasteiger partial charge < -0.3 is 9.63 Å². The van der Waals surface area contributed by atoms with Crippen molar-refractivity contribution >= 4 is 9.84 Å². The smallest absolute Gasteiger partial charge is 0.242 e. The van der Waals surface area contributed by atoms with Crippen LogP contribution in [0.5, 0.6) is 0 Å². The Morgan fingerprint density at radius 2 is 2.04 bits per heavy atom. The van der Waals surface area contributed by atoms with Crippen molar-refractivity contribution in [3.05, 3.63) is 35.5 Å². The Kier molecular flexibility index (Phi) is 4.86. The van der Waals surface area contributed by atoms with E-state index in [2.05, 4.69) is 10.1 Å². The summed E-state index contributed by atoms with van der Waals surface area (Å²) in [6.07, 6.45) is 0.111. The molecule has 0 amide bonds. The maximum absolute atomic E-state index is 13.5. The fraction of sp³-hybridized carbons (Fsp3) is 0.467. The Balaban J connectivity index is 2.11. The third-order valence-electron chi connectivity index (χ3n) is 3.27. The molecule has 0 spiro atoms. The number of aromatic nitrogens is 2. The first-order valence-electron chi connectivity index (χ1n) is 7.08. The highest BCUT2D eigenvalue weighted by Crippen LogP contribution is 2.20. The lowest BCUT2D eigenvalue weighted by atomic mass is 10.1. The fourth-order valence-electron chi connectivity index (χ4n) is 1.83. The molecule has 2 rings (SSSR count). The van der Waals surface area contributed by atoms with E-state index in [0.717, 1.165) is 0 Å². The van der Waals surface area contributed by atoms with Crippen LogP contribution in [0, 0.1) is 12.7 Å². The lowest BCUT2D eigenvalue weighted by Crippen LogP contribution is -2.24. The molecule has 0 saturated heterocycles. The van der Waals surface area contributed by atoms with Gasteiger partial charge in [0.2, 0.25) is 11.7 Å². The van der Waals surface area contributed by atoms with Crippen LogP contribution in [0.3, 0.4) is 0 Å². The maximum Gasteiger partial charge on any atom is 0.242 e. The van der Waals surface area contributed by atoms with Gasteiger partial charge in [0.15, 0.2) is 9.84 Å². The zero-order chi connectivity index (χ0) is 17.3. The van der Waals surface area contributed by atoms with Crippen molar-refractivity contribution < 1.29 is 22.4 Å². The van der Waals surface area contributed by atoms with Crippen molar-refractivity contribution in [3.63, 3.8) is 0 Å². The molecule has 1 heterocycles. The standard InChI is InChI=1S/C15H19FN2O4S/c1-10-4-5-11(8-12(10)16)14-17-13(22-18-14)9-23(20,21)7-6-15(2,3)19/h4-5,8,19H,6-7,9H2,1-3H3. The highest BCUT2D eigenvalue weighted by Gasteiger charge is 2.22. The largest absolute Gasteiger partial charge is 0.390 e. The molecular formula is C15H19FN2O4S. The Bertz CT molecular complexity index is 794. The molecule has 126 valence electrons. The molecule has 0 aliphatic rings.